The summed E-state index contributed by atoms with van der Waals surface area (Å²) in [6, 6.07) is 2.97. The topological polar surface area (TPSA) is 119 Å². The number of allylic oxidation sites excluding steroid dienone is 1. The smallest absolute Gasteiger partial charge is 0.368 e. The van der Waals surface area contributed by atoms with Gasteiger partial charge < -0.3 is 24.8 Å². The molecule has 0 saturated carbocycles. The zero-order valence-corrected chi connectivity index (χ0v) is 20.6. The van der Waals surface area contributed by atoms with Gasteiger partial charge in [-0.2, -0.15) is 0 Å². The summed E-state index contributed by atoms with van der Waals surface area (Å²) < 4.78 is 75.2. The third kappa shape index (κ3) is 4.87. The highest BCUT2D eigenvalue weighted by Gasteiger charge is 2.64. The fourth-order valence-corrected chi connectivity index (χ4v) is 6.19. The minimum Gasteiger partial charge on any atom is -0.368 e. The highest BCUT2D eigenvalue weighted by molar-refractivity contribution is 7.48. The van der Waals surface area contributed by atoms with Gasteiger partial charge in [0.15, 0.2) is 11.5 Å². The SMILES string of the molecule is CC1(C)O[C@@H]2C(COP3(=O)OCCC(c4cc(F)cc(F)c4)O3)OC[C@]2(N2C=CCC(C(N)=O)=C2)O1. The molecule has 3 saturated heterocycles. The number of hydrogen-bond acceptors (Lipinski definition) is 9. The zero-order chi connectivity index (χ0) is 25.7. The summed E-state index contributed by atoms with van der Waals surface area (Å²) in [7, 11) is -4.09. The van der Waals surface area contributed by atoms with E-state index in [1.54, 1.807) is 37.2 Å². The Kier molecular flexibility index (Phi) is 6.57. The molecule has 4 aliphatic rings. The van der Waals surface area contributed by atoms with Crippen molar-refractivity contribution in [1.82, 2.24) is 4.90 Å². The van der Waals surface area contributed by atoms with Gasteiger partial charge in [0.2, 0.25) is 5.91 Å². The van der Waals surface area contributed by atoms with Crippen LogP contribution in [-0.2, 0) is 37.1 Å². The lowest BCUT2D eigenvalue weighted by Gasteiger charge is -2.37. The molecule has 196 valence electrons. The maximum atomic E-state index is 13.7. The standard InChI is InChI=1S/C23H27F2N2O8P/c1-22(2)33-20-19(30-13-23(20,35-22)27-6-3-4-14(11-27)21(26)28)12-32-36(29)31-7-5-18(34-36)15-8-16(24)10-17(25)9-15/h3,6,8-11,18-20H,4-5,7,12-13H2,1-2H3,(H2,26,28)/t18?,19?,20-,23+,36?/m1/s1. The van der Waals surface area contributed by atoms with Crippen molar-refractivity contribution >= 4 is 13.7 Å². The van der Waals surface area contributed by atoms with Gasteiger partial charge in [0.05, 0.1) is 25.9 Å². The van der Waals surface area contributed by atoms with E-state index in [4.69, 9.17) is 33.5 Å². The van der Waals surface area contributed by atoms with E-state index in [1.807, 2.05) is 0 Å². The molecule has 1 aromatic carbocycles. The van der Waals surface area contributed by atoms with Gasteiger partial charge >= 0.3 is 7.82 Å². The number of rotatable bonds is 6. The van der Waals surface area contributed by atoms with Crippen LogP contribution >= 0.6 is 7.82 Å². The van der Waals surface area contributed by atoms with Crippen LogP contribution in [0.5, 0.6) is 0 Å². The monoisotopic (exact) mass is 528 g/mol. The first-order valence-corrected chi connectivity index (χ1v) is 12.9. The first-order valence-electron chi connectivity index (χ1n) is 11.5. The fourth-order valence-electron chi connectivity index (χ4n) is 4.80. The fraction of sp³-hybridized carbons (Fsp3) is 0.522. The van der Waals surface area contributed by atoms with E-state index in [0.717, 1.165) is 18.2 Å². The highest BCUT2D eigenvalue weighted by atomic mass is 31.2. The highest BCUT2D eigenvalue weighted by Crippen LogP contribution is 2.58. The van der Waals surface area contributed by atoms with E-state index in [9.17, 15) is 18.1 Å². The number of carbonyl (C=O) groups is 1. The number of carbonyl (C=O) groups excluding carboxylic acids is 1. The van der Waals surface area contributed by atoms with Crippen molar-refractivity contribution in [3.63, 3.8) is 0 Å². The third-order valence-electron chi connectivity index (χ3n) is 6.31. The predicted octanol–water partition coefficient (Wildman–Crippen LogP) is 3.40. The Morgan fingerprint density at radius 3 is 2.75 bits per heavy atom. The first kappa shape index (κ1) is 25.5. The number of halogens is 2. The van der Waals surface area contributed by atoms with E-state index < -0.39 is 55.2 Å². The van der Waals surface area contributed by atoms with Gasteiger partial charge in [-0.25, -0.2) is 13.3 Å². The van der Waals surface area contributed by atoms with E-state index in [-0.39, 0.29) is 31.8 Å². The number of amides is 1. The molecule has 13 heteroatoms. The van der Waals surface area contributed by atoms with Crippen molar-refractivity contribution in [3.05, 3.63) is 59.4 Å². The molecule has 5 atom stereocenters. The molecule has 36 heavy (non-hydrogen) atoms. The number of phosphoric acid groups is 1. The van der Waals surface area contributed by atoms with E-state index in [1.165, 1.54) is 0 Å². The number of phosphoric ester groups is 1. The van der Waals surface area contributed by atoms with Gasteiger partial charge in [-0.05, 0) is 38.0 Å². The summed E-state index contributed by atoms with van der Waals surface area (Å²) in [6.45, 7) is 3.31. The van der Waals surface area contributed by atoms with Crippen molar-refractivity contribution in [2.24, 2.45) is 5.73 Å². The van der Waals surface area contributed by atoms with Crippen LogP contribution in [0.3, 0.4) is 0 Å². The summed E-state index contributed by atoms with van der Waals surface area (Å²) >= 11 is 0. The van der Waals surface area contributed by atoms with Crippen molar-refractivity contribution in [2.45, 2.75) is 56.5 Å². The van der Waals surface area contributed by atoms with Crippen LogP contribution in [0, 0.1) is 11.6 Å². The number of benzene rings is 1. The maximum Gasteiger partial charge on any atom is 0.475 e. The zero-order valence-electron chi connectivity index (χ0n) is 19.7. The largest absolute Gasteiger partial charge is 0.475 e. The van der Waals surface area contributed by atoms with Crippen molar-refractivity contribution in [1.29, 1.82) is 0 Å². The summed E-state index contributed by atoms with van der Waals surface area (Å²) in [4.78, 5) is 13.4. The molecule has 2 N–H and O–H groups in total. The summed E-state index contributed by atoms with van der Waals surface area (Å²) in [6.07, 6.45) is 3.45. The average molecular weight is 528 g/mol. The second-order valence-corrected chi connectivity index (χ2v) is 11.0. The lowest BCUT2D eigenvalue weighted by molar-refractivity contribution is -0.208. The quantitative estimate of drug-likeness (QED) is 0.554. The summed E-state index contributed by atoms with van der Waals surface area (Å²) in [5.74, 6) is -3.08. The van der Waals surface area contributed by atoms with Gasteiger partial charge in [0, 0.05) is 30.5 Å². The van der Waals surface area contributed by atoms with Crippen molar-refractivity contribution < 1.29 is 45.9 Å². The predicted molar refractivity (Wildman–Crippen MR) is 120 cm³/mol. The Balaban J connectivity index is 1.31. The summed E-state index contributed by atoms with van der Waals surface area (Å²) in [5, 5.41) is 0. The van der Waals surface area contributed by atoms with Crippen LogP contribution in [0.2, 0.25) is 0 Å². The Bertz CT molecular complexity index is 1140. The first-order chi connectivity index (χ1) is 17.0. The van der Waals surface area contributed by atoms with E-state index in [0.29, 0.717) is 12.0 Å². The van der Waals surface area contributed by atoms with Gasteiger partial charge in [-0.3, -0.25) is 18.4 Å². The molecule has 4 heterocycles. The third-order valence-corrected chi connectivity index (χ3v) is 7.79. The minimum atomic E-state index is -4.09. The molecule has 0 aromatic heterocycles. The molecule has 5 rings (SSSR count). The lowest BCUT2D eigenvalue weighted by Crippen LogP contribution is -2.53. The van der Waals surface area contributed by atoms with E-state index >= 15 is 0 Å². The molecule has 0 aliphatic carbocycles. The number of primary amides is 1. The van der Waals surface area contributed by atoms with E-state index in [2.05, 4.69) is 0 Å². The van der Waals surface area contributed by atoms with Crippen LogP contribution < -0.4 is 5.73 Å². The van der Waals surface area contributed by atoms with Crippen LogP contribution in [0.1, 0.15) is 38.4 Å². The molecule has 0 radical (unpaired) electrons. The number of nitrogens with two attached hydrogens (primary N) is 1. The molecule has 1 amide bonds. The van der Waals surface area contributed by atoms with Crippen molar-refractivity contribution in [2.75, 3.05) is 19.8 Å². The molecule has 0 spiro atoms. The Morgan fingerprint density at radius 2 is 2.03 bits per heavy atom. The summed E-state index contributed by atoms with van der Waals surface area (Å²) in [5.41, 5.74) is 4.93. The van der Waals surface area contributed by atoms with Gasteiger partial charge in [-0.15, -0.1) is 0 Å². The average Bonchev–Trinajstić information content (AvgIpc) is 3.28. The molecule has 4 aliphatic heterocycles. The molecular weight excluding hydrogens is 501 g/mol. The second kappa shape index (κ2) is 9.29. The van der Waals surface area contributed by atoms with Gasteiger partial charge in [0.25, 0.3) is 0 Å². The van der Waals surface area contributed by atoms with Crippen LogP contribution in [0.15, 0.2) is 42.2 Å². The number of nitrogens with zero attached hydrogens (tertiary/aromatic N) is 1. The molecule has 1 aromatic rings. The van der Waals surface area contributed by atoms with Crippen LogP contribution in [0.25, 0.3) is 0 Å². The minimum absolute atomic E-state index is 0.00483. The molecule has 3 fully saturated rings. The number of ether oxygens (including phenoxy) is 3. The van der Waals surface area contributed by atoms with Gasteiger partial charge in [-0.1, -0.05) is 6.08 Å². The van der Waals surface area contributed by atoms with Crippen LogP contribution in [-0.4, -0.2) is 54.3 Å². The number of fused-ring (bicyclic) bond motifs is 1. The molecule has 3 unspecified atom stereocenters. The number of hydrogen-bond donors (Lipinski definition) is 1. The Labute approximate surface area is 206 Å². The van der Waals surface area contributed by atoms with Crippen LogP contribution in [0.4, 0.5) is 8.78 Å². The molecule has 10 nitrogen and oxygen atoms in total. The van der Waals surface area contributed by atoms with Crippen molar-refractivity contribution in [3.8, 4) is 0 Å². The Morgan fingerprint density at radius 1 is 1.28 bits per heavy atom. The molecular formula is C23H27F2N2O8P. The van der Waals surface area contributed by atoms with Gasteiger partial charge in [0.1, 0.15) is 23.8 Å². The Hall–Kier alpha value is -2.18. The second-order valence-electron chi connectivity index (χ2n) is 9.41. The maximum absolute atomic E-state index is 13.7. The molecule has 0 bridgehead atoms. The normalized spacial score (nSPS) is 35.5. The lowest BCUT2D eigenvalue weighted by atomic mass is 10.0.